The lowest BCUT2D eigenvalue weighted by molar-refractivity contribution is 0.195. The Hall–Kier alpha value is -1.02. The number of ether oxygens (including phenoxy) is 1. The molecule has 1 N–H and O–H groups in total. The van der Waals surface area contributed by atoms with E-state index in [0.29, 0.717) is 5.75 Å². The lowest BCUT2D eigenvalue weighted by Gasteiger charge is -2.05. The molecule has 2 nitrogen and oxygen atoms in total. The Bertz CT molecular complexity index is 282. The highest BCUT2D eigenvalue weighted by Crippen LogP contribution is 2.20. The first kappa shape index (κ1) is 11.1. The maximum absolute atomic E-state index is 9.68. The fraction of sp³-hybridized carbons (Fsp3) is 0.500. The minimum Gasteiger partial charge on any atom is -0.508 e. The van der Waals surface area contributed by atoms with Gasteiger partial charge in [0.25, 0.3) is 0 Å². The molecule has 0 unspecified atom stereocenters. The Balaban J connectivity index is 2.59. The Morgan fingerprint density at radius 1 is 1.36 bits per heavy atom. The molecule has 1 aromatic rings. The van der Waals surface area contributed by atoms with Gasteiger partial charge in [-0.1, -0.05) is 19.1 Å². The van der Waals surface area contributed by atoms with Crippen molar-refractivity contribution >= 4 is 0 Å². The Morgan fingerprint density at radius 3 is 2.71 bits per heavy atom. The molecule has 1 aromatic carbocycles. The zero-order chi connectivity index (χ0) is 10.4. The van der Waals surface area contributed by atoms with Crippen molar-refractivity contribution < 1.29 is 9.84 Å². The standard InChI is InChI=1S/C12H18O2/c1-3-10-6-7-11(12(13)9-10)5-4-8-14-2/h6-7,9,13H,3-5,8H2,1-2H3. The first-order valence-electron chi connectivity index (χ1n) is 5.07. The van der Waals surface area contributed by atoms with Crippen LogP contribution in [0.1, 0.15) is 24.5 Å². The van der Waals surface area contributed by atoms with Crippen molar-refractivity contribution in [3.05, 3.63) is 29.3 Å². The molecule has 0 heterocycles. The lowest BCUT2D eigenvalue weighted by atomic mass is 10.0. The SMILES string of the molecule is CCc1ccc(CCCOC)c(O)c1. The first-order valence-corrected chi connectivity index (χ1v) is 5.07. The Morgan fingerprint density at radius 2 is 2.14 bits per heavy atom. The summed E-state index contributed by atoms with van der Waals surface area (Å²) in [7, 11) is 1.69. The zero-order valence-electron chi connectivity index (χ0n) is 8.92. The molecule has 2 heteroatoms. The van der Waals surface area contributed by atoms with Crippen LogP contribution in [0.25, 0.3) is 0 Å². The number of methoxy groups -OCH3 is 1. The summed E-state index contributed by atoms with van der Waals surface area (Å²) in [4.78, 5) is 0. The van der Waals surface area contributed by atoms with Crippen LogP contribution < -0.4 is 0 Å². The molecular formula is C12H18O2. The predicted molar refractivity (Wildman–Crippen MR) is 57.7 cm³/mol. The van der Waals surface area contributed by atoms with Crippen LogP contribution in [-0.4, -0.2) is 18.8 Å². The molecule has 0 bridgehead atoms. The lowest BCUT2D eigenvalue weighted by Crippen LogP contribution is -1.93. The maximum Gasteiger partial charge on any atom is 0.119 e. The smallest absolute Gasteiger partial charge is 0.119 e. The van der Waals surface area contributed by atoms with E-state index >= 15 is 0 Å². The molecule has 0 atom stereocenters. The third kappa shape index (κ3) is 3.04. The van der Waals surface area contributed by atoms with Gasteiger partial charge in [-0.3, -0.25) is 0 Å². The number of hydrogen-bond acceptors (Lipinski definition) is 2. The molecule has 1 rings (SSSR count). The third-order valence-corrected chi connectivity index (χ3v) is 2.35. The molecule has 0 aliphatic heterocycles. The first-order chi connectivity index (χ1) is 6.77. The van der Waals surface area contributed by atoms with E-state index < -0.39 is 0 Å². The number of phenols is 1. The van der Waals surface area contributed by atoms with Crippen LogP contribution in [0.15, 0.2) is 18.2 Å². The van der Waals surface area contributed by atoms with Crippen LogP contribution in [0.4, 0.5) is 0 Å². The van der Waals surface area contributed by atoms with Gasteiger partial charge in [0.2, 0.25) is 0 Å². The second-order valence-electron chi connectivity index (χ2n) is 3.41. The van der Waals surface area contributed by atoms with Gasteiger partial charge in [-0.25, -0.2) is 0 Å². The van der Waals surface area contributed by atoms with E-state index in [1.807, 2.05) is 12.1 Å². The number of benzene rings is 1. The van der Waals surface area contributed by atoms with Crippen LogP contribution in [-0.2, 0) is 17.6 Å². The minimum absolute atomic E-state index is 0.417. The van der Waals surface area contributed by atoms with E-state index in [2.05, 4.69) is 13.0 Å². The summed E-state index contributed by atoms with van der Waals surface area (Å²) in [5.41, 5.74) is 2.19. The van der Waals surface area contributed by atoms with Gasteiger partial charge in [0, 0.05) is 13.7 Å². The van der Waals surface area contributed by atoms with Crippen molar-refractivity contribution in [1.82, 2.24) is 0 Å². The molecule has 0 saturated heterocycles. The summed E-state index contributed by atoms with van der Waals surface area (Å²) >= 11 is 0. The third-order valence-electron chi connectivity index (χ3n) is 2.35. The van der Waals surface area contributed by atoms with E-state index in [9.17, 15) is 5.11 Å². The van der Waals surface area contributed by atoms with Gasteiger partial charge >= 0.3 is 0 Å². The van der Waals surface area contributed by atoms with Crippen LogP contribution >= 0.6 is 0 Å². The van der Waals surface area contributed by atoms with E-state index in [-0.39, 0.29) is 0 Å². The quantitative estimate of drug-likeness (QED) is 0.730. The molecule has 0 aliphatic carbocycles. The molecule has 0 aromatic heterocycles. The molecule has 0 saturated carbocycles. The highest BCUT2D eigenvalue weighted by Gasteiger charge is 2.01. The van der Waals surface area contributed by atoms with Crippen LogP contribution in [0.3, 0.4) is 0 Å². The van der Waals surface area contributed by atoms with Gasteiger partial charge in [0.1, 0.15) is 5.75 Å². The van der Waals surface area contributed by atoms with Gasteiger partial charge in [-0.2, -0.15) is 0 Å². The summed E-state index contributed by atoms with van der Waals surface area (Å²) in [6.07, 6.45) is 2.80. The zero-order valence-corrected chi connectivity index (χ0v) is 8.92. The number of hydrogen-bond donors (Lipinski definition) is 1. The van der Waals surface area contributed by atoms with Gasteiger partial charge in [0.15, 0.2) is 0 Å². The van der Waals surface area contributed by atoms with Crippen LogP contribution in [0.5, 0.6) is 5.75 Å². The fourth-order valence-electron chi connectivity index (χ4n) is 1.45. The van der Waals surface area contributed by atoms with Crippen molar-refractivity contribution in [2.24, 2.45) is 0 Å². The topological polar surface area (TPSA) is 29.5 Å². The summed E-state index contributed by atoms with van der Waals surface area (Å²) in [6.45, 7) is 2.83. The second kappa shape index (κ2) is 5.66. The highest BCUT2D eigenvalue weighted by molar-refractivity contribution is 5.36. The average molecular weight is 194 g/mol. The largest absolute Gasteiger partial charge is 0.508 e. The molecule has 0 fully saturated rings. The summed E-state index contributed by atoms with van der Waals surface area (Å²) < 4.78 is 4.97. The van der Waals surface area contributed by atoms with E-state index in [0.717, 1.165) is 31.4 Å². The van der Waals surface area contributed by atoms with E-state index in [1.165, 1.54) is 5.56 Å². The van der Waals surface area contributed by atoms with Crippen LogP contribution in [0, 0.1) is 0 Å². The van der Waals surface area contributed by atoms with Crippen molar-refractivity contribution in [3.8, 4) is 5.75 Å². The average Bonchev–Trinajstić information content (AvgIpc) is 2.20. The molecule has 0 radical (unpaired) electrons. The monoisotopic (exact) mass is 194 g/mol. The molecular weight excluding hydrogens is 176 g/mol. The van der Waals surface area contributed by atoms with Crippen molar-refractivity contribution in [1.29, 1.82) is 0 Å². The number of aromatic hydroxyl groups is 1. The summed E-state index contributed by atoms with van der Waals surface area (Å²) in [6, 6.07) is 5.92. The Kier molecular flexibility index (Phi) is 4.47. The number of rotatable bonds is 5. The van der Waals surface area contributed by atoms with E-state index in [1.54, 1.807) is 7.11 Å². The minimum atomic E-state index is 0.417. The fourth-order valence-corrected chi connectivity index (χ4v) is 1.45. The molecule has 0 aliphatic rings. The van der Waals surface area contributed by atoms with Gasteiger partial charge in [-0.05, 0) is 36.5 Å². The number of phenolic OH excluding ortho intramolecular Hbond substituents is 1. The van der Waals surface area contributed by atoms with Gasteiger partial charge < -0.3 is 9.84 Å². The van der Waals surface area contributed by atoms with E-state index in [4.69, 9.17) is 4.74 Å². The molecule has 0 amide bonds. The Labute approximate surface area is 85.5 Å². The van der Waals surface area contributed by atoms with Gasteiger partial charge in [0.05, 0.1) is 0 Å². The summed E-state index contributed by atoms with van der Waals surface area (Å²) in [5, 5.41) is 9.68. The second-order valence-corrected chi connectivity index (χ2v) is 3.41. The van der Waals surface area contributed by atoms with Crippen molar-refractivity contribution in [2.75, 3.05) is 13.7 Å². The maximum atomic E-state index is 9.68. The predicted octanol–water partition coefficient (Wildman–Crippen LogP) is 2.53. The van der Waals surface area contributed by atoms with Crippen molar-refractivity contribution in [3.63, 3.8) is 0 Å². The normalized spacial score (nSPS) is 10.4. The molecule has 14 heavy (non-hydrogen) atoms. The highest BCUT2D eigenvalue weighted by atomic mass is 16.5. The summed E-state index contributed by atoms with van der Waals surface area (Å²) in [5.74, 6) is 0.417. The molecule has 78 valence electrons. The van der Waals surface area contributed by atoms with Gasteiger partial charge in [-0.15, -0.1) is 0 Å². The van der Waals surface area contributed by atoms with Crippen LogP contribution in [0.2, 0.25) is 0 Å². The molecule has 0 spiro atoms. The van der Waals surface area contributed by atoms with Crippen molar-refractivity contribution in [2.45, 2.75) is 26.2 Å². The number of aryl methyl sites for hydroxylation is 2.